The highest BCUT2D eigenvalue weighted by atomic mass is 16.5. The number of hydrogen-bond acceptors (Lipinski definition) is 8. The average Bonchev–Trinajstić information content (AvgIpc) is 3.31. The molecule has 1 amide bonds. The molecule has 0 aliphatic rings. The lowest BCUT2D eigenvalue weighted by atomic mass is 10.2. The molecule has 10 nitrogen and oxygen atoms in total. The van der Waals surface area contributed by atoms with Crippen LogP contribution in [0.4, 0.5) is 0 Å². The second-order valence-electron chi connectivity index (χ2n) is 7.50. The van der Waals surface area contributed by atoms with E-state index in [0.717, 1.165) is 11.3 Å². The van der Waals surface area contributed by atoms with E-state index in [1.807, 2.05) is 31.2 Å². The number of fused-ring (bicyclic) bond motifs is 1. The molecule has 10 heteroatoms. The van der Waals surface area contributed by atoms with Gasteiger partial charge in [-0.25, -0.2) is 0 Å². The summed E-state index contributed by atoms with van der Waals surface area (Å²) < 4.78 is 23.7. The Morgan fingerprint density at radius 2 is 1.80 bits per heavy atom. The molecule has 4 rings (SSSR count). The van der Waals surface area contributed by atoms with Gasteiger partial charge in [0.1, 0.15) is 23.9 Å². The van der Waals surface area contributed by atoms with Gasteiger partial charge in [-0.3, -0.25) is 4.79 Å². The lowest BCUT2D eigenvalue weighted by molar-refractivity contribution is -0.127. The van der Waals surface area contributed by atoms with E-state index in [0.29, 0.717) is 42.0 Å². The number of hydrogen-bond donors (Lipinski definition) is 1. The van der Waals surface area contributed by atoms with Gasteiger partial charge in [-0.15, -0.1) is 15.3 Å². The van der Waals surface area contributed by atoms with Crippen molar-refractivity contribution in [2.75, 3.05) is 26.9 Å². The van der Waals surface area contributed by atoms with E-state index in [9.17, 15) is 4.79 Å². The first kappa shape index (κ1) is 23.8. The Labute approximate surface area is 202 Å². The van der Waals surface area contributed by atoms with Crippen molar-refractivity contribution < 1.29 is 23.7 Å². The SMILES string of the molecule is CCOc1ccc(OC(C)C(=O)NCCOc2ccc3nnc(-c4cccc(OC)c4)n3n2)cc1. The minimum Gasteiger partial charge on any atom is -0.497 e. The van der Waals surface area contributed by atoms with E-state index in [-0.39, 0.29) is 12.5 Å². The smallest absolute Gasteiger partial charge is 0.260 e. The molecule has 0 saturated carbocycles. The van der Waals surface area contributed by atoms with Gasteiger partial charge in [0.25, 0.3) is 5.91 Å². The van der Waals surface area contributed by atoms with Gasteiger partial charge in [0.15, 0.2) is 17.6 Å². The zero-order chi connectivity index (χ0) is 24.6. The number of methoxy groups -OCH3 is 1. The molecule has 2 heterocycles. The fourth-order valence-electron chi connectivity index (χ4n) is 3.30. The zero-order valence-corrected chi connectivity index (χ0v) is 19.8. The first-order valence-corrected chi connectivity index (χ1v) is 11.2. The van der Waals surface area contributed by atoms with Crippen LogP contribution in [0.25, 0.3) is 17.0 Å². The number of aromatic nitrogens is 4. The van der Waals surface area contributed by atoms with E-state index < -0.39 is 6.10 Å². The highest BCUT2D eigenvalue weighted by molar-refractivity contribution is 5.80. The molecule has 4 aromatic rings. The molecule has 182 valence electrons. The first-order chi connectivity index (χ1) is 17.1. The number of amides is 1. The Hall–Kier alpha value is -4.34. The van der Waals surface area contributed by atoms with Gasteiger partial charge in [-0.05, 0) is 56.3 Å². The third kappa shape index (κ3) is 5.97. The van der Waals surface area contributed by atoms with Crippen LogP contribution in [-0.4, -0.2) is 58.7 Å². The summed E-state index contributed by atoms with van der Waals surface area (Å²) in [5.41, 5.74) is 1.40. The molecule has 1 N–H and O–H groups in total. The number of carbonyl (C=O) groups excluding carboxylic acids is 1. The van der Waals surface area contributed by atoms with E-state index in [1.54, 1.807) is 54.9 Å². The van der Waals surface area contributed by atoms with Gasteiger partial charge in [0, 0.05) is 11.6 Å². The fourth-order valence-corrected chi connectivity index (χ4v) is 3.30. The van der Waals surface area contributed by atoms with E-state index >= 15 is 0 Å². The number of rotatable bonds is 11. The van der Waals surface area contributed by atoms with Gasteiger partial charge in [0.05, 0.1) is 20.3 Å². The normalized spacial score (nSPS) is 11.6. The van der Waals surface area contributed by atoms with Crippen molar-refractivity contribution in [3.05, 3.63) is 60.7 Å². The van der Waals surface area contributed by atoms with Gasteiger partial charge < -0.3 is 24.3 Å². The van der Waals surface area contributed by atoms with Crippen LogP contribution in [-0.2, 0) is 4.79 Å². The third-order valence-electron chi connectivity index (χ3n) is 5.03. The summed E-state index contributed by atoms with van der Waals surface area (Å²) in [6.45, 7) is 4.72. The van der Waals surface area contributed by atoms with Gasteiger partial charge in [-0.1, -0.05) is 12.1 Å². The molecule has 0 aliphatic heterocycles. The largest absolute Gasteiger partial charge is 0.497 e. The number of ether oxygens (including phenoxy) is 4. The molecule has 0 saturated heterocycles. The topological polar surface area (TPSA) is 109 Å². The van der Waals surface area contributed by atoms with Crippen molar-refractivity contribution in [3.8, 4) is 34.5 Å². The third-order valence-corrected chi connectivity index (χ3v) is 5.03. The van der Waals surface area contributed by atoms with Crippen LogP contribution in [0.3, 0.4) is 0 Å². The minimum atomic E-state index is -0.662. The molecule has 0 spiro atoms. The molecule has 0 aliphatic carbocycles. The molecule has 0 bridgehead atoms. The molecule has 35 heavy (non-hydrogen) atoms. The Morgan fingerprint density at radius 3 is 2.57 bits per heavy atom. The van der Waals surface area contributed by atoms with Crippen LogP contribution in [0.2, 0.25) is 0 Å². The standard InChI is InChI=1S/C25H27N5O5/c1-4-33-19-8-10-20(11-9-19)35-17(2)25(31)26-14-15-34-23-13-12-22-27-28-24(30(22)29-23)18-6-5-7-21(16-18)32-3/h5-13,16-17H,4,14-15H2,1-3H3,(H,26,31). The Bertz CT molecular complexity index is 1270. The monoisotopic (exact) mass is 477 g/mol. The second-order valence-corrected chi connectivity index (χ2v) is 7.50. The van der Waals surface area contributed by atoms with Gasteiger partial charge in [-0.2, -0.15) is 4.52 Å². The Kier molecular flexibility index (Phi) is 7.61. The molecular formula is C25H27N5O5. The van der Waals surface area contributed by atoms with Crippen molar-refractivity contribution >= 4 is 11.6 Å². The summed E-state index contributed by atoms with van der Waals surface area (Å²) in [5.74, 6) is 2.76. The lowest BCUT2D eigenvalue weighted by Crippen LogP contribution is -2.38. The van der Waals surface area contributed by atoms with Crippen molar-refractivity contribution in [1.82, 2.24) is 25.1 Å². The molecule has 1 unspecified atom stereocenters. The highest BCUT2D eigenvalue weighted by Gasteiger charge is 2.15. The summed E-state index contributed by atoms with van der Waals surface area (Å²) in [5, 5.41) is 15.7. The molecule has 2 aromatic heterocycles. The molecule has 2 aromatic carbocycles. The van der Waals surface area contributed by atoms with E-state index in [4.69, 9.17) is 18.9 Å². The molecule has 1 atom stereocenters. The average molecular weight is 478 g/mol. The van der Waals surface area contributed by atoms with Crippen LogP contribution >= 0.6 is 0 Å². The van der Waals surface area contributed by atoms with Crippen LogP contribution in [0.15, 0.2) is 60.7 Å². The molecule has 0 fully saturated rings. The van der Waals surface area contributed by atoms with Crippen molar-refractivity contribution in [1.29, 1.82) is 0 Å². The number of nitrogens with zero attached hydrogens (tertiary/aromatic N) is 4. The minimum absolute atomic E-state index is 0.233. The van der Waals surface area contributed by atoms with Crippen LogP contribution in [0.5, 0.6) is 23.1 Å². The number of benzene rings is 2. The quantitative estimate of drug-likeness (QED) is 0.328. The van der Waals surface area contributed by atoms with Crippen molar-refractivity contribution in [3.63, 3.8) is 0 Å². The number of carbonyl (C=O) groups is 1. The Morgan fingerprint density at radius 1 is 1.00 bits per heavy atom. The zero-order valence-electron chi connectivity index (χ0n) is 19.8. The lowest BCUT2D eigenvalue weighted by Gasteiger charge is -2.15. The van der Waals surface area contributed by atoms with Crippen molar-refractivity contribution in [2.24, 2.45) is 0 Å². The maximum absolute atomic E-state index is 12.4. The van der Waals surface area contributed by atoms with Crippen molar-refractivity contribution in [2.45, 2.75) is 20.0 Å². The van der Waals surface area contributed by atoms with Crippen LogP contribution < -0.4 is 24.3 Å². The van der Waals surface area contributed by atoms with E-state index in [2.05, 4.69) is 20.6 Å². The number of nitrogens with one attached hydrogen (secondary N) is 1. The summed E-state index contributed by atoms with van der Waals surface area (Å²) in [6, 6.07) is 18.1. The fraction of sp³-hybridized carbons (Fsp3) is 0.280. The predicted molar refractivity (Wildman–Crippen MR) is 129 cm³/mol. The first-order valence-electron chi connectivity index (χ1n) is 11.2. The van der Waals surface area contributed by atoms with Crippen LogP contribution in [0.1, 0.15) is 13.8 Å². The highest BCUT2D eigenvalue weighted by Crippen LogP contribution is 2.23. The van der Waals surface area contributed by atoms with Gasteiger partial charge >= 0.3 is 0 Å². The maximum Gasteiger partial charge on any atom is 0.260 e. The summed E-state index contributed by atoms with van der Waals surface area (Å²) in [4.78, 5) is 12.4. The summed E-state index contributed by atoms with van der Waals surface area (Å²) in [7, 11) is 1.61. The molecular weight excluding hydrogens is 450 g/mol. The summed E-state index contributed by atoms with van der Waals surface area (Å²) >= 11 is 0. The summed E-state index contributed by atoms with van der Waals surface area (Å²) in [6.07, 6.45) is -0.662. The second kappa shape index (κ2) is 11.2. The van der Waals surface area contributed by atoms with Crippen LogP contribution in [0, 0.1) is 0 Å². The van der Waals surface area contributed by atoms with Gasteiger partial charge in [0.2, 0.25) is 5.88 Å². The Balaban J connectivity index is 1.29. The van der Waals surface area contributed by atoms with E-state index in [1.165, 1.54) is 0 Å². The predicted octanol–water partition coefficient (Wildman–Crippen LogP) is 3.16. The maximum atomic E-state index is 12.4. The molecule has 0 radical (unpaired) electrons.